The van der Waals surface area contributed by atoms with Gasteiger partial charge in [-0.05, 0) is 34.0 Å². The van der Waals surface area contributed by atoms with E-state index in [1.807, 2.05) is 14.0 Å². The van der Waals surface area contributed by atoms with Crippen molar-refractivity contribution in [2.24, 2.45) is 5.92 Å². The molecule has 1 rings (SSSR count). The number of hydrogen-bond acceptors (Lipinski definition) is 3. The van der Waals surface area contributed by atoms with Crippen LogP contribution in [0.4, 0.5) is 0 Å². The second-order valence-electron chi connectivity index (χ2n) is 5.50. The number of nitrogens with zero attached hydrogens (tertiary/aromatic N) is 1. The van der Waals surface area contributed by atoms with Crippen LogP contribution in [0, 0.1) is 5.92 Å². The van der Waals surface area contributed by atoms with E-state index in [9.17, 15) is 4.79 Å². The Labute approximate surface area is 105 Å². The number of nitrogens with one attached hydrogen (secondary N) is 2. The van der Waals surface area contributed by atoms with Crippen LogP contribution in [0.1, 0.15) is 32.6 Å². The molecule has 1 aliphatic rings. The Bertz CT molecular complexity index is 247. The summed E-state index contributed by atoms with van der Waals surface area (Å²) in [4.78, 5) is 14.2. The summed E-state index contributed by atoms with van der Waals surface area (Å²) in [6, 6.07) is 0. The highest BCUT2D eigenvalue weighted by molar-refractivity contribution is 5.78. The molecule has 1 unspecified atom stereocenters. The van der Waals surface area contributed by atoms with Gasteiger partial charge in [0, 0.05) is 24.5 Å². The zero-order chi connectivity index (χ0) is 12.9. The number of hydrogen-bond donors (Lipinski definition) is 2. The van der Waals surface area contributed by atoms with Crippen molar-refractivity contribution in [2.75, 3.05) is 34.2 Å². The van der Waals surface area contributed by atoms with Crippen LogP contribution in [0.25, 0.3) is 0 Å². The Balaban J connectivity index is 2.45. The van der Waals surface area contributed by atoms with E-state index in [0.29, 0.717) is 0 Å². The van der Waals surface area contributed by atoms with E-state index < -0.39 is 0 Å². The molecule has 1 amide bonds. The lowest BCUT2D eigenvalue weighted by Gasteiger charge is -2.36. The highest BCUT2D eigenvalue weighted by Gasteiger charge is 2.36. The van der Waals surface area contributed by atoms with Crippen LogP contribution in [0.2, 0.25) is 0 Å². The van der Waals surface area contributed by atoms with E-state index in [4.69, 9.17) is 0 Å². The summed E-state index contributed by atoms with van der Waals surface area (Å²) in [6.07, 6.45) is 4.95. The van der Waals surface area contributed by atoms with Gasteiger partial charge in [-0.3, -0.25) is 4.79 Å². The Kier molecular flexibility index (Phi) is 5.40. The smallest absolute Gasteiger partial charge is 0.224 e. The van der Waals surface area contributed by atoms with Crippen LogP contribution >= 0.6 is 0 Å². The molecule has 0 heterocycles. The van der Waals surface area contributed by atoms with Gasteiger partial charge in [0.15, 0.2) is 0 Å². The fourth-order valence-electron chi connectivity index (χ4n) is 2.64. The van der Waals surface area contributed by atoms with Gasteiger partial charge in [-0.1, -0.05) is 19.8 Å². The topological polar surface area (TPSA) is 44.4 Å². The van der Waals surface area contributed by atoms with Gasteiger partial charge in [0.2, 0.25) is 5.91 Å². The summed E-state index contributed by atoms with van der Waals surface area (Å²) in [7, 11) is 6.12. The van der Waals surface area contributed by atoms with Gasteiger partial charge in [0.05, 0.1) is 0 Å². The van der Waals surface area contributed by atoms with E-state index >= 15 is 0 Å². The maximum absolute atomic E-state index is 11.9. The second kappa shape index (κ2) is 6.36. The molecule has 4 heteroatoms. The summed E-state index contributed by atoms with van der Waals surface area (Å²) in [6.45, 7) is 3.48. The Morgan fingerprint density at radius 3 is 2.41 bits per heavy atom. The average Bonchev–Trinajstić information content (AvgIpc) is 2.76. The van der Waals surface area contributed by atoms with Crippen LogP contribution in [-0.2, 0) is 4.79 Å². The van der Waals surface area contributed by atoms with Crippen LogP contribution in [0.15, 0.2) is 0 Å². The van der Waals surface area contributed by atoms with Crippen LogP contribution in [0.3, 0.4) is 0 Å². The number of carbonyl (C=O) groups excluding carboxylic acids is 1. The number of rotatable bonds is 6. The molecule has 100 valence electrons. The summed E-state index contributed by atoms with van der Waals surface area (Å²) in [5, 5.41) is 6.15. The third-order valence-corrected chi connectivity index (χ3v) is 4.03. The Hall–Kier alpha value is -0.610. The molecule has 0 aromatic heterocycles. The van der Waals surface area contributed by atoms with E-state index in [1.54, 1.807) is 0 Å². The molecule has 1 saturated carbocycles. The maximum atomic E-state index is 11.9. The number of likely N-dealkylation sites (N-methyl/N-ethyl adjacent to an activating group) is 1. The molecule has 0 aromatic carbocycles. The molecule has 0 aromatic rings. The van der Waals surface area contributed by atoms with Crippen molar-refractivity contribution < 1.29 is 4.79 Å². The van der Waals surface area contributed by atoms with Gasteiger partial charge in [-0.15, -0.1) is 0 Å². The minimum atomic E-state index is 0.0422. The largest absolute Gasteiger partial charge is 0.354 e. The predicted molar refractivity (Wildman–Crippen MR) is 71.0 cm³/mol. The highest BCUT2D eigenvalue weighted by Crippen LogP contribution is 2.33. The van der Waals surface area contributed by atoms with Crippen molar-refractivity contribution in [2.45, 2.75) is 38.1 Å². The van der Waals surface area contributed by atoms with Gasteiger partial charge in [-0.25, -0.2) is 0 Å². The van der Waals surface area contributed by atoms with Gasteiger partial charge < -0.3 is 15.5 Å². The average molecular weight is 241 g/mol. The zero-order valence-corrected chi connectivity index (χ0v) is 11.7. The van der Waals surface area contributed by atoms with Crippen molar-refractivity contribution in [1.29, 1.82) is 0 Å². The molecular formula is C13H27N3O. The van der Waals surface area contributed by atoms with Crippen molar-refractivity contribution in [3.8, 4) is 0 Å². The van der Waals surface area contributed by atoms with Gasteiger partial charge in [-0.2, -0.15) is 0 Å². The molecule has 1 fully saturated rings. The van der Waals surface area contributed by atoms with Gasteiger partial charge in [0.1, 0.15) is 0 Å². The molecule has 2 N–H and O–H groups in total. The maximum Gasteiger partial charge on any atom is 0.224 e. The molecule has 1 atom stereocenters. The minimum Gasteiger partial charge on any atom is -0.354 e. The van der Waals surface area contributed by atoms with Crippen LogP contribution < -0.4 is 10.6 Å². The molecule has 0 bridgehead atoms. The molecular weight excluding hydrogens is 214 g/mol. The summed E-state index contributed by atoms with van der Waals surface area (Å²) in [5.41, 5.74) is 0.190. The van der Waals surface area contributed by atoms with E-state index in [1.165, 1.54) is 25.7 Å². The first kappa shape index (κ1) is 14.5. The van der Waals surface area contributed by atoms with Crippen molar-refractivity contribution in [1.82, 2.24) is 15.5 Å². The zero-order valence-electron chi connectivity index (χ0n) is 11.7. The SMILES string of the molecule is CNCC(C)C(=O)NCC1(N(C)C)CCCC1. The van der Waals surface area contributed by atoms with E-state index in [2.05, 4.69) is 29.6 Å². The van der Waals surface area contributed by atoms with Crippen molar-refractivity contribution in [3.63, 3.8) is 0 Å². The lowest BCUT2D eigenvalue weighted by molar-refractivity contribution is -0.124. The van der Waals surface area contributed by atoms with Crippen molar-refractivity contribution >= 4 is 5.91 Å². The van der Waals surface area contributed by atoms with Gasteiger partial charge >= 0.3 is 0 Å². The fraction of sp³-hybridized carbons (Fsp3) is 0.923. The van der Waals surface area contributed by atoms with Gasteiger partial charge in [0.25, 0.3) is 0 Å². The standard InChI is InChI=1S/C13H27N3O/c1-11(9-14-2)12(17)15-10-13(16(3)4)7-5-6-8-13/h11,14H,5-10H2,1-4H3,(H,15,17). The van der Waals surface area contributed by atoms with Crippen LogP contribution in [0.5, 0.6) is 0 Å². The number of carbonyl (C=O) groups is 1. The normalized spacial score (nSPS) is 20.5. The minimum absolute atomic E-state index is 0.0422. The molecule has 1 aliphatic carbocycles. The van der Waals surface area contributed by atoms with Crippen molar-refractivity contribution in [3.05, 3.63) is 0 Å². The predicted octanol–water partition coefficient (Wildman–Crippen LogP) is 0.833. The first-order chi connectivity index (χ1) is 8.02. The quantitative estimate of drug-likeness (QED) is 0.724. The Morgan fingerprint density at radius 1 is 1.35 bits per heavy atom. The second-order valence-corrected chi connectivity index (χ2v) is 5.50. The molecule has 0 radical (unpaired) electrons. The Morgan fingerprint density at radius 2 is 1.94 bits per heavy atom. The summed E-state index contributed by atoms with van der Waals surface area (Å²) < 4.78 is 0. The lowest BCUT2D eigenvalue weighted by atomic mass is 9.95. The first-order valence-electron chi connectivity index (χ1n) is 6.61. The first-order valence-corrected chi connectivity index (χ1v) is 6.61. The highest BCUT2D eigenvalue weighted by atomic mass is 16.1. The number of amides is 1. The van der Waals surface area contributed by atoms with Crippen LogP contribution in [-0.4, -0.2) is 50.6 Å². The summed E-state index contributed by atoms with van der Waals surface area (Å²) >= 11 is 0. The fourth-order valence-corrected chi connectivity index (χ4v) is 2.64. The molecule has 17 heavy (non-hydrogen) atoms. The lowest BCUT2D eigenvalue weighted by Crippen LogP contribution is -2.52. The molecule has 4 nitrogen and oxygen atoms in total. The third-order valence-electron chi connectivity index (χ3n) is 4.03. The molecule has 0 saturated heterocycles. The monoisotopic (exact) mass is 241 g/mol. The summed E-state index contributed by atoms with van der Waals surface area (Å²) in [5.74, 6) is 0.202. The molecule has 0 aliphatic heterocycles. The molecule has 0 spiro atoms. The third kappa shape index (κ3) is 3.68. The van der Waals surface area contributed by atoms with E-state index in [0.717, 1.165) is 13.1 Å². The van der Waals surface area contributed by atoms with E-state index in [-0.39, 0.29) is 17.4 Å².